The van der Waals surface area contributed by atoms with Crippen LogP contribution in [0.5, 0.6) is 0 Å². The summed E-state index contributed by atoms with van der Waals surface area (Å²) in [6.07, 6.45) is 5.79. The number of terminal acetylenes is 1. The van der Waals surface area contributed by atoms with Crippen LogP contribution in [-0.2, 0) is 9.22 Å². The van der Waals surface area contributed by atoms with Crippen molar-refractivity contribution in [3.63, 3.8) is 0 Å². The molecule has 0 aliphatic rings. The second-order valence-electron chi connectivity index (χ2n) is 2.09. The minimum atomic E-state index is -0.882. The molecule has 1 radical (unpaired) electrons. The van der Waals surface area contributed by atoms with E-state index in [1.165, 1.54) is 0 Å². The highest BCUT2D eigenvalue weighted by atomic mass is 28.3. The number of rotatable bonds is 3. The Bertz CT molecular complexity index is 146. The van der Waals surface area contributed by atoms with Crippen LogP contribution in [0.4, 0.5) is 0 Å². The molecule has 2 nitrogen and oxygen atoms in total. The van der Waals surface area contributed by atoms with Gasteiger partial charge in [0.1, 0.15) is 0 Å². The smallest absolute Gasteiger partial charge is 0.293 e. The molecule has 0 amide bonds. The highest BCUT2D eigenvalue weighted by Crippen LogP contribution is 1.93. The molecule has 55 valence electrons. The number of carbonyl (C=O) groups excluding carboxylic acids is 1. The van der Waals surface area contributed by atoms with Crippen LogP contribution in [0.2, 0.25) is 13.1 Å². The zero-order valence-electron chi connectivity index (χ0n) is 6.31. The Morgan fingerprint density at radius 3 is 2.70 bits per heavy atom. The number of carbonyl (C=O) groups is 1. The van der Waals surface area contributed by atoms with E-state index in [0.29, 0.717) is 12.8 Å². The van der Waals surface area contributed by atoms with Crippen molar-refractivity contribution in [1.29, 1.82) is 0 Å². The highest BCUT2D eigenvalue weighted by Gasteiger charge is 2.04. The van der Waals surface area contributed by atoms with Crippen LogP contribution in [0.15, 0.2) is 0 Å². The van der Waals surface area contributed by atoms with Gasteiger partial charge < -0.3 is 4.43 Å². The lowest BCUT2D eigenvalue weighted by Crippen LogP contribution is -2.14. The Labute approximate surface area is 63.3 Å². The van der Waals surface area contributed by atoms with Crippen LogP contribution >= 0.6 is 0 Å². The zero-order valence-corrected chi connectivity index (χ0v) is 7.31. The Hall–Kier alpha value is -0.753. The lowest BCUT2D eigenvalue weighted by Gasteiger charge is -2.03. The molecule has 0 spiro atoms. The van der Waals surface area contributed by atoms with Gasteiger partial charge in [-0.1, -0.05) is 0 Å². The first-order valence-corrected chi connectivity index (χ1v) is 5.52. The summed E-state index contributed by atoms with van der Waals surface area (Å²) in [6.45, 7) is 3.83. The molecule has 0 aliphatic heterocycles. The summed E-state index contributed by atoms with van der Waals surface area (Å²) < 4.78 is 4.92. The third-order valence-electron chi connectivity index (χ3n) is 0.791. The third kappa shape index (κ3) is 5.38. The first-order chi connectivity index (χ1) is 4.66. The molecule has 0 N–H and O–H groups in total. The van der Waals surface area contributed by atoms with E-state index in [4.69, 9.17) is 10.8 Å². The SMILES string of the molecule is C#CCCC(=O)O[Si](C)C. The minimum absolute atomic E-state index is 0.170. The fraction of sp³-hybridized carbons (Fsp3) is 0.571. The second kappa shape index (κ2) is 5.07. The number of hydrogen-bond acceptors (Lipinski definition) is 2. The van der Waals surface area contributed by atoms with Crippen molar-refractivity contribution >= 4 is 15.0 Å². The fourth-order valence-electron chi connectivity index (χ4n) is 0.453. The Balaban J connectivity index is 3.37. The monoisotopic (exact) mass is 155 g/mol. The van der Waals surface area contributed by atoms with Crippen molar-refractivity contribution in [2.75, 3.05) is 0 Å². The number of hydrogen-bond donors (Lipinski definition) is 0. The van der Waals surface area contributed by atoms with Crippen LogP contribution < -0.4 is 0 Å². The topological polar surface area (TPSA) is 26.3 Å². The molecule has 0 saturated heterocycles. The lowest BCUT2D eigenvalue weighted by atomic mass is 10.3. The molecule has 0 heterocycles. The van der Waals surface area contributed by atoms with Crippen LogP contribution in [0.25, 0.3) is 0 Å². The Morgan fingerprint density at radius 2 is 2.30 bits per heavy atom. The van der Waals surface area contributed by atoms with Crippen molar-refractivity contribution in [1.82, 2.24) is 0 Å². The quantitative estimate of drug-likeness (QED) is 0.452. The molecule has 0 atom stereocenters. The van der Waals surface area contributed by atoms with E-state index in [-0.39, 0.29) is 5.97 Å². The van der Waals surface area contributed by atoms with Gasteiger partial charge >= 0.3 is 0 Å². The van der Waals surface area contributed by atoms with Gasteiger partial charge in [-0.05, 0) is 13.1 Å². The summed E-state index contributed by atoms with van der Waals surface area (Å²) in [5.41, 5.74) is 0. The molecule has 0 aliphatic carbocycles. The summed E-state index contributed by atoms with van der Waals surface area (Å²) >= 11 is 0. The molecule has 0 saturated carbocycles. The zero-order chi connectivity index (χ0) is 7.98. The molecule has 0 fully saturated rings. The molecule has 10 heavy (non-hydrogen) atoms. The summed E-state index contributed by atoms with van der Waals surface area (Å²) in [5.74, 6) is 2.21. The summed E-state index contributed by atoms with van der Waals surface area (Å²) in [7, 11) is -0.882. The van der Waals surface area contributed by atoms with Gasteiger partial charge in [0.25, 0.3) is 15.0 Å². The van der Waals surface area contributed by atoms with E-state index in [0.717, 1.165) is 0 Å². The van der Waals surface area contributed by atoms with Gasteiger partial charge in [0.15, 0.2) is 0 Å². The molecule has 0 aromatic rings. The maximum absolute atomic E-state index is 10.7. The minimum Gasteiger partial charge on any atom is -0.518 e. The maximum atomic E-state index is 10.7. The van der Waals surface area contributed by atoms with Crippen LogP contribution in [-0.4, -0.2) is 15.0 Å². The molecule has 0 aromatic heterocycles. The van der Waals surface area contributed by atoms with Gasteiger partial charge in [-0.2, -0.15) is 0 Å². The van der Waals surface area contributed by atoms with E-state index in [2.05, 4.69) is 5.92 Å². The molecule has 3 heteroatoms. The van der Waals surface area contributed by atoms with E-state index < -0.39 is 9.04 Å². The highest BCUT2D eigenvalue weighted by molar-refractivity contribution is 6.50. The van der Waals surface area contributed by atoms with E-state index in [1.54, 1.807) is 0 Å². The van der Waals surface area contributed by atoms with Crippen molar-refractivity contribution in [3.8, 4) is 12.3 Å². The van der Waals surface area contributed by atoms with Crippen molar-refractivity contribution in [2.24, 2.45) is 0 Å². The normalized spacial score (nSPS) is 9.00. The first kappa shape index (κ1) is 9.25. The summed E-state index contributed by atoms with van der Waals surface area (Å²) in [6, 6.07) is 0. The maximum Gasteiger partial charge on any atom is 0.293 e. The van der Waals surface area contributed by atoms with Gasteiger partial charge in [-0.15, -0.1) is 12.3 Å². The molecular formula is C7H11O2Si. The van der Waals surface area contributed by atoms with E-state index >= 15 is 0 Å². The molecular weight excluding hydrogens is 144 g/mol. The third-order valence-corrected chi connectivity index (χ3v) is 1.43. The average molecular weight is 155 g/mol. The molecule has 0 rings (SSSR count). The standard InChI is InChI=1S/C7H11O2Si/c1-4-5-6-7(8)9-10(2)3/h1H,5-6H2,2-3H3. The second-order valence-corrected chi connectivity index (χ2v) is 4.11. The summed E-state index contributed by atoms with van der Waals surface area (Å²) in [4.78, 5) is 10.7. The lowest BCUT2D eigenvalue weighted by molar-refractivity contribution is -0.134. The van der Waals surface area contributed by atoms with E-state index in [1.807, 2.05) is 13.1 Å². The van der Waals surface area contributed by atoms with Crippen LogP contribution in [0, 0.1) is 12.3 Å². The van der Waals surface area contributed by atoms with Gasteiger partial charge in [-0.25, -0.2) is 0 Å². The average Bonchev–Trinajstić information content (AvgIpc) is 1.82. The predicted molar refractivity (Wildman–Crippen MR) is 41.6 cm³/mol. The predicted octanol–water partition coefficient (Wildman–Crippen LogP) is 1.19. The van der Waals surface area contributed by atoms with E-state index in [9.17, 15) is 4.79 Å². The van der Waals surface area contributed by atoms with Gasteiger partial charge in [0.05, 0.1) is 6.42 Å². The van der Waals surface area contributed by atoms with Gasteiger partial charge in [-0.3, -0.25) is 4.79 Å². The Kier molecular flexibility index (Phi) is 4.68. The van der Waals surface area contributed by atoms with Crippen molar-refractivity contribution in [2.45, 2.75) is 25.9 Å². The van der Waals surface area contributed by atoms with Gasteiger partial charge in [0.2, 0.25) is 0 Å². The van der Waals surface area contributed by atoms with Gasteiger partial charge in [0, 0.05) is 6.42 Å². The fourth-order valence-corrected chi connectivity index (χ4v) is 1.01. The van der Waals surface area contributed by atoms with Crippen LogP contribution in [0.1, 0.15) is 12.8 Å². The Morgan fingerprint density at radius 1 is 1.70 bits per heavy atom. The molecule has 0 aromatic carbocycles. The van der Waals surface area contributed by atoms with Crippen molar-refractivity contribution in [3.05, 3.63) is 0 Å². The van der Waals surface area contributed by atoms with Crippen molar-refractivity contribution < 1.29 is 9.22 Å². The summed E-state index contributed by atoms with van der Waals surface area (Å²) in [5, 5.41) is 0. The molecule has 0 unspecified atom stereocenters. The largest absolute Gasteiger partial charge is 0.518 e. The van der Waals surface area contributed by atoms with Crippen LogP contribution in [0.3, 0.4) is 0 Å². The first-order valence-electron chi connectivity index (χ1n) is 3.11. The molecule has 0 bridgehead atoms.